The van der Waals surface area contributed by atoms with Gasteiger partial charge in [0.25, 0.3) is 0 Å². The van der Waals surface area contributed by atoms with E-state index < -0.39 is 0 Å². The lowest BCUT2D eigenvalue weighted by molar-refractivity contribution is 0.261. The highest BCUT2D eigenvalue weighted by Gasteiger charge is 1.97. The fourth-order valence-electron chi connectivity index (χ4n) is 1.08. The molecule has 0 saturated carbocycles. The number of anilines is 1. The SMILES string of the molecule is Cc1cc(OCCN(C)C)ccc1N. The van der Waals surface area contributed by atoms with Crippen LogP contribution >= 0.6 is 0 Å². The summed E-state index contributed by atoms with van der Waals surface area (Å²) in [5.74, 6) is 0.888. The summed E-state index contributed by atoms with van der Waals surface area (Å²) in [5, 5.41) is 0. The number of rotatable bonds is 4. The number of aryl methyl sites for hydroxylation is 1. The molecule has 0 spiro atoms. The number of hydrogen-bond acceptors (Lipinski definition) is 3. The molecule has 0 fully saturated rings. The Balaban J connectivity index is 2.47. The van der Waals surface area contributed by atoms with Crippen LogP contribution in [0.15, 0.2) is 18.2 Å². The Hall–Kier alpha value is -1.22. The van der Waals surface area contributed by atoms with Crippen molar-refractivity contribution in [2.45, 2.75) is 6.92 Å². The van der Waals surface area contributed by atoms with Gasteiger partial charge in [-0.15, -0.1) is 0 Å². The molecule has 1 aromatic carbocycles. The number of ether oxygens (including phenoxy) is 1. The first kappa shape index (κ1) is 10.9. The molecular weight excluding hydrogens is 176 g/mol. The quantitative estimate of drug-likeness (QED) is 0.738. The Bertz CT molecular complexity index is 297. The van der Waals surface area contributed by atoms with E-state index in [4.69, 9.17) is 10.5 Å². The molecule has 0 amide bonds. The Morgan fingerprint density at radius 1 is 1.36 bits per heavy atom. The van der Waals surface area contributed by atoms with Crippen molar-refractivity contribution in [2.24, 2.45) is 0 Å². The highest BCUT2D eigenvalue weighted by atomic mass is 16.5. The predicted octanol–water partition coefficient (Wildman–Crippen LogP) is 1.52. The monoisotopic (exact) mass is 194 g/mol. The molecule has 1 aromatic rings. The van der Waals surface area contributed by atoms with E-state index in [-0.39, 0.29) is 0 Å². The van der Waals surface area contributed by atoms with Gasteiger partial charge < -0.3 is 15.4 Å². The summed E-state index contributed by atoms with van der Waals surface area (Å²) in [5.41, 5.74) is 7.57. The zero-order chi connectivity index (χ0) is 10.6. The molecule has 3 nitrogen and oxygen atoms in total. The third kappa shape index (κ3) is 3.26. The van der Waals surface area contributed by atoms with E-state index in [1.54, 1.807) is 0 Å². The number of likely N-dealkylation sites (N-methyl/N-ethyl adjacent to an activating group) is 1. The second kappa shape index (κ2) is 4.86. The van der Waals surface area contributed by atoms with Crippen molar-refractivity contribution >= 4 is 5.69 Å². The van der Waals surface area contributed by atoms with Crippen molar-refractivity contribution in [1.29, 1.82) is 0 Å². The van der Waals surface area contributed by atoms with Crippen LogP contribution in [0.2, 0.25) is 0 Å². The average molecular weight is 194 g/mol. The summed E-state index contributed by atoms with van der Waals surface area (Å²) >= 11 is 0. The first-order chi connectivity index (χ1) is 6.59. The maximum Gasteiger partial charge on any atom is 0.119 e. The summed E-state index contributed by atoms with van der Waals surface area (Å²) in [6, 6.07) is 5.74. The van der Waals surface area contributed by atoms with Crippen molar-refractivity contribution < 1.29 is 4.74 Å². The van der Waals surface area contributed by atoms with Crippen LogP contribution in [0.4, 0.5) is 5.69 Å². The lowest BCUT2D eigenvalue weighted by Gasteiger charge is -2.11. The van der Waals surface area contributed by atoms with E-state index in [2.05, 4.69) is 4.90 Å². The third-order valence-electron chi connectivity index (χ3n) is 2.05. The Labute approximate surface area is 85.5 Å². The molecule has 3 heteroatoms. The van der Waals surface area contributed by atoms with Gasteiger partial charge in [-0.1, -0.05) is 0 Å². The van der Waals surface area contributed by atoms with E-state index in [1.165, 1.54) is 0 Å². The highest BCUT2D eigenvalue weighted by Crippen LogP contribution is 2.18. The van der Waals surface area contributed by atoms with E-state index in [0.29, 0.717) is 6.61 Å². The van der Waals surface area contributed by atoms with Gasteiger partial charge in [0, 0.05) is 12.2 Å². The molecule has 0 aliphatic carbocycles. The summed E-state index contributed by atoms with van der Waals surface area (Å²) in [6.07, 6.45) is 0. The second-order valence-electron chi connectivity index (χ2n) is 3.67. The van der Waals surface area contributed by atoms with Gasteiger partial charge >= 0.3 is 0 Å². The fourth-order valence-corrected chi connectivity index (χ4v) is 1.08. The van der Waals surface area contributed by atoms with E-state index in [1.807, 2.05) is 39.2 Å². The first-order valence-corrected chi connectivity index (χ1v) is 4.73. The van der Waals surface area contributed by atoms with Crippen LogP contribution in [-0.4, -0.2) is 32.1 Å². The number of nitrogens with two attached hydrogens (primary N) is 1. The molecule has 0 atom stereocenters. The largest absolute Gasteiger partial charge is 0.492 e. The summed E-state index contributed by atoms with van der Waals surface area (Å²) in [6.45, 7) is 3.61. The smallest absolute Gasteiger partial charge is 0.119 e. The van der Waals surface area contributed by atoms with Crippen LogP contribution in [-0.2, 0) is 0 Å². The minimum atomic E-state index is 0.705. The second-order valence-corrected chi connectivity index (χ2v) is 3.67. The summed E-state index contributed by atoms with van der Waals surface area (Å²) in [4.78, 5) is 2.09. The zero-order valence-electron chi connectivity index (χ0n) is 9.08. The van der Waals surface area contributed by atoms with Gasteiger partial charge in [-0.3, -0.25) is 0 Å². The van der Waals surface area contributed by atoms with Gasteiger partial charge in [0.15, 0.2) is 0 Å². The van der Waals surface area contributed by atoms with Gasteiger partial charge in [-0.25, -0.2) is 0 Å². The van der Waals surface area contributed by atoms with Crippen molar-refractivity contribution in [3.8, 4) is 5.75 Å². The minimum absolute atomic E-state index is 0.705. The van der Waals surface area contributed by atoms with Crippen LogP contribution in [0.1, 0.15) is 5.56 Å². The minimum Gasteiger partial charge on any atom is -0.492 e. The molecule has 78 valence electrons. The molecule has 0 unspecified atom stereocenters. The summed E-state index contributed by atoms with van der Waals surface area (Å²) < 4.78 is 5.56. The average Bonchev–Trinajstić information content (AvgIpc) is 2.10. The van der Waals surface area contributed by atoms with Gasteiger partial charge in [0.1, 0.15) is 12.4 Å². The van der Waals surface area contributed by atoms with E-state index in [9.17, 15) is 0 Å². The summed E-state index contributed by atoms with van der Waals surface area (Å²) in [7, 11) is 4.05. The molecular formula is C11H18N2O. The molecule has 0 heterocycles. The number of benzene rings is 1. The molecule has 0 saturated heterocycles. The van der Waals surface area contributed by atoms with E-state index >= 15 is 0 Å². The van der Waals surface area contributed by atoms with Crippen molar-refractivity contribution in [3.63, 3.8) is 0 Å². The van der Waals surface area contributed by atoms with Crippen LogP contribution in [0.3, 0.4) is 0 Å². The molecule has 0 aliphatic heterocycles. The van der Waals surface area contributed by atoms with Gasteiger partial charge in [0.2, 0.25) is 0 Å². The zero-order valence-corrected chi connectivity index (χ0v) is 9.08. The number of nitrogen functional groups attached to an aromatic ring is 1. The Morgan fingerprint density at radius 2 is 2.07 bits per heavy atom. The van der Waals surface area contributed by atoms with Crippen molar-refractivity contribution in [2.75, 3.05) is 33.0 Å². The highest BCUT2D eigenvalue weighted by molar-refractivity contribution is 5.49. The number of nitrogens with zero attached hydrogens (tertiary/aromatic N) is 1. The molecule has 14 heavy (non-hydrogen) atoms. The lowest BCUT2D eigenvalue weighted by Crippen LogP contribution is -2.19. The van der Waals surface area contributed by atoms with Crippen LogP contribution in [0, 0.1) is 6.92 Å². The predicted molar refractivity (Wildman–Crippen MR) is 59.6 cm³/mol. The standard InChI is InChI=1S/C11H18N2O/c1-9-8-10(4-5-11(9)12)14-7-6-13(2)3/h4-5,8H,6-7,12H2,1-3H3. The van der Waals surface area contributed by atoms with Crippen molar-refractivity contribution in [1.82, 2.24) is 4.90 Å². The Kier molecular flexibility index (Phi) is 3.77. The topological polar surface area (TPSA) is 38.5 Å². The molecule has 1 rings (SSSR count). The Morgan fingerprint density at radius 3 is 2.64 bits per heavy atom. The fraction of sp³-hybridized carbons (Fsp3) is 0.455. The van der Waals surface area contributed by atoms with Crippen LogP contribution in [0.5, 0.6) is 5.75 Å². The van der Waals surface area contributed by atoms with Gasteiger partial charge in [-0.2, -0.15) is 0 Å². The molecule has 0 radical (unpaired) electrons. The normalized spacial score (nSPS) is 10.6. The van der Waals surface area contributed by atoms with E-state index in [0.717, 1.165) is 23.5 Å². The molecule has 0 aliphatic rings. The lowest BCUT2D eigenvalue weighted by atomic mass is 10.2. The molecule has 0 aromatic heterocycles. The maximum absolute atomic E-state index is 5.70. The molecule has 2 N–H and O–H groups in total. The first-order valence-electron chi connectivity index (χ1n) is 4.73. The number of hydrogen-bond donors (Lipinski definition) is 1. The molecule has 0 bridgehead atoms. The van der Waals surface area contributed by atoms with Crippen LogP contribution < -0.4 is 10.5 Å². The third-order valence-corrected chi connectivity index (χ3v) is 2.05. The van der Waals surface area contributed by atoms with Gasteiger partial charge in [0.05, 0.1) is 0 Å². The maximum atomic E-state index is 5.70. The van der Waals surface area contributed by atoms with Crippen molar-refractivity contribution in [3.05, 3.63) is 23.8 Å². The van der Waals surface area contributed by atoms with Crippen LogP contribution in [0.25, 0.3) is 0 Å². The van der Waals surface area contributed by atoms with Gasteiger partial charge in [-0.05, 0) is 44.8 Å².